The van der Waals surface area contributed by atoms with Gasteiger partial charge >= 0.3 is 5.97 Å². The zero-order valence-electron chi connectivity index (χ0n) is 10.5. The summed E-state index contributed by atoms with van der Waals surface area (Å²) in [7, 11) is 0. The van der Waals surface area contributed by atoms with Gasteiger partial charge in [-0.25, -0.2) is 4.79 Å². The lowest BCUT2D eigenvalue weighted by Gasteiger charge is -2.13. The lowest BCUT2D eigenvalue weighted by atomic mass is 10.0. The van der Waals surface area contributed by atoms with Gasteiger partial charge in [-0.15, -0.1) is 0 Å². The summed E-state index contributed by atoms with van der Waals surface area (Å²) in [5, 5.41) is 0. The fourth-order valence-corrected chi connectivity index (χ4v) is 2.71. The Balaban J connectivity index is 1.77. The molecular weight excluding hydrogens is 228 g/mol. The molecule has 18 heavy (non-hydrogen) atoms. The number of carbonyl (C=O) groups is 1. The van der Waals surface area contributed by atoms with Crippen molar-refractivity contribution in [2.75, 3.05) is 6.61 Å². The smallest absolute Gasteiger partial charge is 0.347 e. The standard InChI is InChI=1S/C15H18O3/c16-15-14(8-9-17-15)18-13-7-6-11-4-2-1-3-5-12(11)10-13/h6-7,10,14H,1-5,8-9H2. The van der Waals surface area contributed by atoms with Crippen molar-refractivity contribution in [2.45, 2.75) is 44.6 Å². The average Bonchev–Trinajstić information content (AvgIpc) is 2.65. The van der Waals surface area contributed by atoms with Crippen molar-refractivity contribution in [3.8, 4) is 5.75 Å². The Morgan fingerprint density at radius 1 is 1.11 bits per heavy atom. The molecule has 0 bridgehead atoms. The van der Waals surface area contributed by atoms with E-state index < -0.39 is 6.10 Å². The highest BCUT2D eigenvalue weighted by molar-refractivity contribution is 5.76. The molecule has 1 fully saturated rings. The molecule has 1 aromatic rings. The first-order valence-corrected chi connectivity index (χ1v) is 6.78. The van der Waals surface area contributed by atoms with Gasteiger partial charge in [0.15, 0.2) is 6.10 Å². The van der Waals surface area contributed by atoms with Gasteiger partial charge in [0.2, 0.25) is 0 Å². The van der Waals surface area contributed by atoms with Crippen LogP contribution in [0.5, 0.6) is 5.75 Å². The van der Waals surface area contributed by atoms with Crippen LogP contribution >= 0.6 is 0 Å². The second kappa shape index (κ2) is 5.01. The highest BCUT2D eigenvalue weighted by atomic mass is 16.6. The molecule has 96 valence electrons. The lowest BCUT2D eigenvalue weighted by molar-refractivity contribution is -0.143. The summed E-state index contributed by atoms with van der Waals surface area (Å²) in [6.45, 7) is 0.481. The fraction of sp³-hybridized carbons (Fsp3) is 0.533. The van der Waals surface area contributed by atoms with E-state index in [1.807, 2.05) is 6.07 Å². The maximum absolute atomic E-state index is 11.4. The lowest BCUT2D eigenvalue weighted by Crippen LogP contribution is -2.21. The molecule has 1 atom stereocenters. The molecule has 0 aromatic heterocycles. The minimum atomic E-state index is -0.408. The largest absolute Gasteiger partial charge is 0.479 e. The van der Waals surface area contributed by atoms with Crippen LogP contribution in [0.25, 0.3) is 0 Å². The molecule has 1 aliphatic heterocycles. The Kier molecular flexibility index (Phi) is 3.22. The van der Waals surface area contributed by atoms with Gasteiger partial charge in [-0.05, 0) is 48.9 Å². The number of ether oxygens (including phenoxy) is 2. The number of carbonyl (C=O) groups excluding carboxylic acids is 1. The van der Waals surface area contributed by atoms with Gasteiger partial charge in [0.1, 0.15) is 5.75 Å². The van der Waals surface area contributed by atoms with Crippen LogP contribution in [0, 0.1) is 0 Å². The highest BCUT2D eigenvalue weighted by Gasteiger charge is 2.28. The quantitative estimate of drug-likeness (QED) is 0.594. The summed E-state index contributed by atoms with van der Waals surface area (Å²) in [4.78, 5) is 11.4. The Hall–Kier alpha value is -1.51. The summed E-state index contributed by atoms with van der Waals surface area (Å²) < 4.78 is 10.6. The normalized spacial score (nSPS) is 23.1. The van der Waals surface area contributed by atoms with E-state index in [4.69, 9.17) is 9.47 Å². The fourth-order valence-electron chi connectivity index (χ4n) is 2.71. The van der Waals surface area contributed by atoms with E-state index in [-0.39, 0.29) is 5.97 Å². The van der Waals surface area contributed by atoms with Crippen molar-refractivity contribution in [1.29, 1.82) is 0 Å². The summed E-state index contributed by atoms with van der Waals surface area (Å²) >= 11 is 0. The van der Waals surface area contributed by atoms with Crippen LogP contribution < -0.4 is 4.74 Å². The van der Waals surface area contributed by atoms with E-state index in [9.17, 15) is 4.79 Å². The number of fused-ring (bicyclic) bond motifs is 1. The second-order valence-corrected chi connectivity index (χ2v) is 5.05. The minimum Gasteiger partial charge on any atom is -0.479 e. The van der Waals surface area contributed by atoms with Crippen molar-refractivity contribution < 1.29 is 14.3 Å². The Morgan fingerprint density at radius 2 is 1.94 bits per heavy atom. The van der Waals surface area contributed by atoms with Crippen molar-refractivity contribution in [3.05, 3.63) is 29.3 Å². The molecule has 2 aliphatic rings. The minimum absolute atomic E-state index is 0.232. The van der Waals surface area contributed by atoms with Crippen molar-refractivity contribution in [3.63, 3.8) is 0 Å². The van der Waals surface area contributed by atoms with E-state index in [1.54, 1.807) is 0 Å². The van der Waals surface area contributed by atoms with Gasteiger partial charge in [-0.2, -0.15) is 0 Å². The predicted molar refractivity (Wildman–Crippen MR) is 67.7 cm³/mol. The third kappa shape index (κ3) is 2.35. The number of benzene rings is 1. The zero-order chi connectivity index (χ0) is 12.4. The Morgan fingerprint density at radius 3 is 2.72 bits per heavy atom. The second-order valence-electron chi connectivity index (χ2n) is 5.05. The third-order valence-corrected chi connectivity index (χ3v) is 3.74. The van der Waals surface area contributed by atoms with E-state index >= 15 is 0 Å². The molecule has 1 saturated heterocycles. The highest BCUT2D eigenvalue weighted by Crippen LogP contribution is 2.26. The molecule has 0 spiro atoms. The first-order valence-electron chi connectivity index (χ1n) is 6.78. The van der Waals surface area contributed by atoms with Crippen molar-refractivity contribution >= 4 is 5.97 Å². The number of aryl methyl sites for hydroxylation is 2. The first kappa shape index (κ1) is 11.6. The number of cyclic esters (lactones) is 1. The molecule has 1 aliphatic carbocycles. The molecule has 1 heterocycles. The summed E-state index contributed by atoms with van der Waals surface area (Å²) in [5.41, 5.74) is 2.82. The van der Waals surface area contributed by atoms with E-state index in [2.05, 4.69) is 12.1 Å². The van der Waals surface area contributed by atoms with Gasteiger partial charge in [0.25, 0.3) is 0 Å². The Bertz CT molecular complexity index is 453. The van der Waals surface area contributed by atoms with Gasteiger partial charge in [0, 0.05) is 6.42 Å². The molecule has 3 heteroatoms. The van der Waals surface area contributed by atoms with Gasteiger partial charge in [-0.3, -0.25) is 0 Å². The van der Waals surface area contributed by atoms with Gasteiger partial charge in [-0.1, -0.05) is 12.5 Å². The van der Waals surface area contributed by atoms with Crippen LogP contribution in [0.2, 0.25) is 0 Å². The number of hydrogen-bond acceptors (Lipinski definition) is 3. The molecule has 1 aromatic carbocycles. The summed E-state index contributed by atoms with van der Waals surface area (Å²) in [6, 6.07) is 6.23. The van der Waals surface area contributed by atoms with Crippen LogP contribution in [0.3, 0.4) is 0 Å². The van der Waals surface area contributed by atoms with Gasteiger partial charge in [0.05, 0.1) is 6.61 Å². The van der Waals surface area contributed by atoms with Crippen LogP contribution in [0.4, 0.5) is 0 Å². The molecule has 3 nitrogen and oxygen atoms in total. The zero-order valence-corrected chi connectivity index (χ0v) is 10.5. The maximum atomic E-state index is 11.4. The summed E-state index contributed by atoms with van der Waals surface area (Å²) in [5.74, 6) is 0.574. The molecule has 0 amide bonds. The number of hydrogen-bond donors (Lipinski definition) is 0. The molecule has 3 rings (SSSR count). The van der Waals surface area contributed by atoms with Crippen molar-refractivity contribution in [1.82, 2.24) is 0 Å². The monoisotopic (exact) mass is 246 g/mol. The number of esters is 1. The molecule has 1 unspecified atom stereocenters. The van der Waals surface area contributed by atoms with E-state index in [0.717, 1.165) is 12.2 Å². The van der Waals surface area contributed by atoms with Gasteiger partial charge < -0.3 is 9.47 Å². The first-order chi connectivity index (χ1) is 8.83. The van der Waals surface area contributed by atoms with E-state index in [1.165, 1.54) is 36.8 Å². The third-order valence-electron chi connectivity index (χ3n) is 3.74. The van der Waals surface area contributed by atoms with Crippen LogP contribution in [-0.4, -0.2) is 18.7 Å². The molecule has 0 N–H and O–H groups in total. The van der Waals surface area contributed by atoms with Crippen LogP contribution in [-0.2, 0) is 22.4 Å². The maximum Gasteiger partial charge on any atom is 0.347 e. The van der Waals surface area contributed by atoms with Crippen molar-refractivity contribution in [2.24, 2.45) is 0 Å². The molecule has 0 saturated carbocycles. The van der Waals surface area contributed by atoms with Crippen LogP contribution in [0.15, 0.2) is 18.2 Å². The molecule has 0 radical (unpaired) electrons. The number of rotatable bonds is 2. The topological polar surface area (TPSA) is 35.5 Å². The summed E-state index contributed by atoms with van der Waals surface area (Å²) in [6.07, 6.45) is 6.39. The molecular formula is C15H18O3. The van der Waals surface area contributed by atoms with E-state index in [0.29, 0.717) is 13.0 Å². The van der Waals surface area contributed by atoms with Crippen LogP contribution in [0.1, 0.15) is 36.8 Å². The SMILES string of the molecule is O=C1OCCC1Oc1ccc2c(c1)CCCCC2. The predicted octanol–water partition coefficient (Wildman–Crippen LogP) is 2.65. The Labute approximate surface area is 107 Å². The average molecular weight is 246 g/mol.